The van der Waals surface area contributed by atoms with Crippen LogP contribution >= 0.6 is 11.5 Å². The van der Waals surface area contributed by atoms with Crippen LogP contribution in [-0.4, -0.2) is 33.9 Å². The van der Waals surface area contributed by atoms with Crippen molar-refractivity contribution in [3.63, 3.8) is 0 Å². The van der Waals surface area contributed by atoms with Gasteiger partial charge in [0.2, 0.25) is 0 Å². The number of nitrogens with one attached hydrogen (secondary N) is 2. The summed E-state index contributed by atoms with van der Waals surface area (Å²) in [5.74, 6) is 0. The van der Waals surface area contributed by atoms with Gasteiger partial charge in [-0.2, -0.15) is 0 Å². The van der Waals surface area contributed by atoms with E-state index in [2.05, 4.69) is 20.2 Å². The van der Waals surface area contributed by atoms with Crippen LogP contribution in [0.5, 0.6) is 0 Å². The van der Waals surface area contributed by atoms with Gasteiger partial charge in [0, 0.05) is 18.0 Å². The van der Waals surface area contributed by atoms with Gasteiger partial charge in [-0.1, -0.05) is 4.49 Å². The number of ether oxygens (including phenoxy) is 1. The Balaban J connectivity index is 2.10. The highest BCUT2D eigenvalue weighted by atomic mass is 32.1. The van der Waals surface area contributed by atoms with E-state index in [-0.39, 0.29) is 12.1 Å². The normalized spacial score (nSPS) is 13.1. The van der Waals surface area contributed by atoms with Crippen LogP contribution in [0.2, 0.25) is 0 Å². The fourth-order valence-electron chi connectivity index (χ4n) is 1.38. The van der Waals surface area contributed by atoms with Crippen molar-refractivity contribution < 1.29 is 9.53 Å². The molecule has 0 aromatic carbocycles. The predicted molar refractivity (Wildman–Crippen MR) is 75.1 cm³/mol. The fraction of sp³-hybridized carbons (Fsp3) is 0.750. The summed E-state index contributed by atoms with van der Waals surface area (Å²) in [6.07, 6.45) is 0.459. The van der Waals surface area contributed by atoms with Crippen molar-refractivity contribution in [1.29, 1.82) is 0 Å². The van der Waals surface area contributed by atoms with E-state index in [0.717, 1.165) is 18.7 Å². The van der Waals surface area contributed by atoms with Crippen LogP contribution in [0.25, 0.3) is 0 Å². The zero-order valence-corrected chi connectivity index (χ0v) is 12.7. The molecular weight excluding hydrogens is 264 g/mol. The van der Waals surface area contributed by atoms with Gasteiger partial charge < -0.3 is 15.4 Å². The maximum atomic E-state index is 11.5. The molecule has 1 heterocycles. The van der Waals surface area contributed by atoms with Gasteiger partial charge in [0.05, 0.1) is 5.69 Å². The average molecular weight is 286 g/mol. The topological polar surface area (TPSA) is 76.1 Å². The minimum absolute atomic E-state index is 0.0657. The first-order valence-electron chi connectivity index (χ1n) is 6.33. The Morgan fingerprint density at radius 2 is 2.26 bits per heavy atom. The summed E-state index contributed by atoms with van der Waals surface area (Å²) in [7, 11) is 0. The monoisotopic (exact) mass is 286 g/mol. The third-order valence-electron chi connectivity index (χ3n) is 2.23. The van der Waals surface area contributed by atoms with Crippen LogP contribution in [0.3, 0.4) is 0 Å². The maximum absolute atomic E-state index is 11.5. The van der Waals surface area contributed by atoms with Crippen molar-refractivity contribution in [3.05, 3.63) is 11.1 Å². The van der Waals surface area contributed by atoms with E-state index in [4.69, 9.17) is 4.74 Å². The van der Waals surface area contributed by atoms with Crippen molar-refractivity contribution in [1.82, 2.24) is 20.2 Å². The van der Waals surface area contributed by atoms with Crippen LogP contribution in [0.15, 0.2) is 5.38 Å². The van der Waals surface area contributed by atoms with E-state index in [1.165, 1.54) is 11.5 Å². The van der Waals surface area contributed by atoms with E-state index in [9.17, 15) is 4.79 Å². The summed E-state index contributed by atoms with van der Waals surface area (Å²) in [4.78, 5) is 11.5. The molecule has 0 radical (unpaired) electrons. The number of hydrogen-bond donors (Lipinski definition) is 2. The highest BCUT2D eigenvalue weighted by Crippen LogP contribution is 2.07. The average Bonchev–Trinajstić information content (AvgIpc) is 2.74. The molecule has 108 valence electrons. The first-order valence-corrected chi connectivity index (χ1v) is 7.16. The molecule has 1 atom stereocenters. The molecule has 0 aliphatic heterocycles. The Morgan fingerprint density at radius 1 is 1.53 bits per heavy atom. The Bertz CT molecular complexity index is 376. The van der Waals surface area contributed by atoms with Gasteiger partial charge in [-0.25, -0.2) is 4.79 Å². The standard InChI is InChI=1S/C12H22N4O2S/c1-9(14-11(17)18-12(2,3)4)5-6-13-7-10-8-19-16-15-10/h8-9,13H,5-7H2,1-4H3,(H,14,17). The third kappa shape index (κ3) is 7.74. The number of aromatic nitrogens is 2. The number of alkyl carbamates (subject to hydrolysis) is 1. The summed E-state index contributed by atoms with van der Waals surface area (Å²) in [5.41, 5.74) is 0.484. The minimum Gasteiger partial charge on any atom is -0.444 e. The lowest BCUT2D eigenvalue weighted by atomic mass is 10.2. The molecule has 0 aliphatic carbocycles. The van der Waals surface area contributed by atoms with Gasteiger partial charge in [0.25, 0.3) is 0 Å². The Kier molecular flexibility index (Phi) is 6.17. The highest BCUT2D eigenvalue weighted by Gasteiger charge is 2.17. The van der Waals surface area contributed by atoms with Gasteiger partial charge >= 0.3 is 6.09 Å². The largest absolute Gasteiger partial charge is 0.444 e. The first-order chi connectivity index (χ1) is 8.87. The SMILES string of the molecule is CC(CCNCc1csnn1)NC(=O)OC(C)(C)C. The van der Waals surface area contributed by atoms with E-state index in [1.54, 1.807) is 0 Å². The van der Waals surface area contributed by atoms with Gasteiger partial charge in [-0.3, -0.25) is 0 Å². The molecule has 0 bridgehead atoms. The third-order valence-corrected chi connectivity index (χ3v) is 2.78. The summed E-state index contributed by atoms with van der Waals surface area (Å²) >= 11 is 1.34. The Hall–Kier alpha value is -1.21. The molecule has 0 fully saturated rings. The van der Waals surface area contributed by atoms with Crippen molar-refractivity contribution in [2.45, 2.75) is 52.3 Å². The molecule has 1 amide bonds. The number of hydrogen-bond acceptors (Lipinski definition) is 6. The number of carbonyl (C=O) groups excluding carboxylic acids is 1. The molecule has 1 unspecified atom stereocenters. The Morgan fingerprint density at radius 3 is 2.84 bits per heavy atom. The highest BCUT2D eigenvalue weighted by molar-refractivity contribution is 7.03. The zero-order chi connectivity index (χ0) is 14.3. The minimum atomic E-state index is -0.459. The van der Waals surface area contributed by atoms with Gasteiger partial charge in [-0.05, 0) is 52.2 Å². The predicted octanol–water partition coefficient (Wildman–Crippen LogP) is 1.93. The summed E-state index contributed by atoms with van der Waals surface area (Å²) in [6, 6.07) is 0.0657. The summed E-state index contributed by atoms with van der Waals surface area (Å²) in [5, 5.41) is 11.9. The molecule has 0 spiro atoms. The number of carbonyl (C=O) groups is 1. The summed E-state index contributed by atoms with van der Waals surface area (Å²) < 4.78 is 8.97. The maximum Gasteiger partial charge on any atom is 0.407 e. The molecule has 1 aromatic heterocycles. The molecule has 6 nitrogen and oxygen atoms in total. The van der Waals surface area contributed by atoms with E-state index >= 15 is 0 Å². The fourth-order valence-corrected chi connectivity index (χ4v) is 1.83. The lowest BCUT2D eigenvalue weighted by molar-refractivity contribution is 0.0506. The molecule has 0 saturated heterocycles. The molecule has 0 saturated carbocycles. The number of nitrogens with zero attached hydrogens (tertiary/aromatic N) is 2. The zero-order valence-electron chi connectivity index (χ0n) is 11.9. The Labute approximate surface area is 118 Å². The van der Waals surface area contributed by atoms with Gasteiger partial charge in [-0.15, -0.1) is 5.10 Å². The van der Waals surface area contributed by atoms with Crippen molar-refractivity contribution in [3.8, 4) is 0 Å². The molecule has 19 heavy (non-hydrogen) atoms. The van der Waals surface area contributed by atoms with Crippen LogP contribution in [0, 0.1) is 0 Å². The molecular formula is C12H22N4O2S. The lowest BCUT2D eigenvalue weighted by Gasteiger charge is -2.22. The molecule has 1 aromatic rings. The first kappa shape index (κ1) is 15.8. The van der Waals surface area contributed by atoms with E-state index in [0.29, 0.717) is 6.54 Å². The van der Waals surface area contributed by atoms with Crippen molar-refractivity contribution in [2.24, 2.45) is 0 Å². The van der Waals surface area contributed by atoms with Crippen molar-refractivity contribution >= 4 is 17.6 Å². The molecule has 0 aliphatic rings. The summed E-state index contributed by atoms with van der Waals surface area (Å²) in [6.45, 7) is 9.00. The van der Waals surface area contributed by atoms with Gasteiger partial charge in [0.15, 0.2) is 0 Å². The van der Waals surface area contributed by atoms with Crippen molar-refractivity contribution in [2.75, 3.05) is 6.54 Å². The van der Waals surface area contributed by atoms with Gasteiger partial charge in [0.1, 0.15) is 5.60 Å². The van der Waals surface area contributed by atoms with Crippen LogP contribution in [0.4, 0.5) is 4.79 Å². The van der Waals surface area contributed by atoms with Crippen LogP contribution in [-0.2, 0) is 11.3 Å². The van der Waals surface area contributed by atoms with Crippen LogP contribution < -0.4 is 10.6 Å². The number of amides is 1. The quantitative estimate of drug-likeness (QED) is 0.781. The molecule has 2 N–H and O–H groups in total. The van der Waals surface area contributed by atoms with E-state index in [1.807, 2.05) is 33.1 Å². The smallest absolute Gasteiger partial charge is 0.407 e. The second-order valence-electron chi connectivity index (χ2n) is 5.41. The molecule has 1 rings (SSSR count). The van der Waals surface area contributed by atoms with E-state index < -0.39 is 5.60 Å². The number of rotatable bonds is 6. The second-order valence-corrected chi connectivity index (χ2v) is 6.02. The van der Waals surface area contributed by atoms with Crippen LogP contribution in [0.1, 0.15) is 39.8 Å². The molecule has 7 heteroatoms. The second kappa shape index (κ2) is 7.40. The lowest BCUT2D eigenvalue weighted by Crippen LogP contribution is -2.38.